The van der Waals surface area contributed by atoms with Crippen LogP contribution in [0.4, 0.5) is 18.9 Å². The number of aromatic nitrogens is 1. The van der Waals surface area contributed by atoms with Gasteiger partial charge in [0.1, 0.15) is 0 Å². The van der Waals surface area contributed by atoms with Gasteiger partial charge in [-0.05, 0) is 23.8 Å². The maximum Gasteiger partial charge on any atom is 0.417 e. The van der Waals surface area contributed by atoms with Crippen LogP contribution < -0.4 is 0 Å². The highest BCUT2D eigenvalue weighted by molar-refractivity contribution is 6.34. The average Bonchev–Trinajstić information content (AvgIpc) is 2.79. The molecule has 0 spiro atoms. The third kappa shape index (κ3) is 2.63. The van der Waals surface area contributed by atoms with Crippen molar-refractivity contribution in [3.8, 4) is 0 Å². The molecule has 2 aromatic rings. The van der Waals surface area contributed by atoms with Crippen LogP contribution in [0.5, 0.6) is 0 Å². The van der Waals surface area contributed by atoms with Crippen molar-refractivity contribution in [2.24, 2.45) is 4.99 Å². The average molecular weight is 331 g/mol. The van der Waals surface area contributed by atoms with Gasteiger partial charge in [-0.25, -0.2) is 0 Å². The third-order valence-electron chi connectivity index (χ3n) is 3.17. The summed E-state index contributed by atoms with van der Waals surface area (Å²) in [7, 11) is 0. The Hall–Kier alpha value is -1.59. The molecule has 2 nitrogen and oxygen atoms in total. The molecule has 0 atom stereocenters. The van der Waals surface area contributed by atoms with Crippen LogP contribution >= 0.6 is 23.2 Å². The minimum Gasteiger partial charge on any atom is -0.263 e. The van der Waals surface area contributed by atoms with Crippen LogP contribution in [0, 0.1) is 0 Å². The van der Waals surface area contributed by atoms with Gasteiger partial charge >= 0.3 is 6.18 Å². The van der Waals surface area contributed by atoms with E-state index in [1.165, 1.54) is 12.3 Å². The van der Waals surface area contributed by atoms with Crippen molar-refractivity contribution in [2.45, 2.75) is 12.6 Å². The number of fused-ring (bicyclic) bond motifs is 1. The van der Waals surface area contributed by atoms with Gasteiger partial charge in [-0.3, -0.25) is 9.98 Å². The molecule has 1 aromatic heterocycles. The number of benzene rings is 1. The van der Waals surface area contributed by atoms with Crippen molar-refractivity contribution in [2.75, 3.05) is 0 Å². The highest BCUT2D eigenvalue weighted by Crippen LogP contribution is 2.41. The fraction of sp³-hybridized carbons (Fsp3) is 0.143. The molecular weight excluding hydrogens is 324 g/mol. The molecule has 0 saturated carbocycles. The first kappa shape index (κ1) is 14.4. The van der Waals surface area contributed by atoms with Crippen molar-refractivity contribution >= 4 is 34.6 Å². The summed E-state index contributed by atoms with van der Waals surface area (Å²) in [5.74, 6) is 0. The summed E-state index contributed by atoms with van der Waals surface area (Å²) >= 11 is 11.7. The predicted molar refractivity (Wildman–Crippen MR) is 75.6 cm³/mol. The van der Waals surface area contributed by atoms with Gasteiger partial charge in [0, 0.05) is 24.4 Å². The van der Waals surface area contributed by atoms with E-state index in [4.69, 9.17) is 23.2 Å². The quantitative estimate of drug-likeness (QED) is 0.715. The number of aliphatic imine (C=N–C) groups is 1. The normalized spacial score (nSPS) is 14.0. The van der Waals surface area contributed by atoms with Crippen LogP contribution in [-0.2, 0) is 12.6 Å². The largest absolute Gasteiger partial charge is 0.417 e. The lowest BCUT2D eigenvalue weighted by atomic mass is 10.0. The number of alkyl halides is 3. The Labute approximate surface area is 128 Å². The van der Waals surface area contributed by atoms with Crippen molar-refractivity contribution < 1.29 is 13.2 Å². The first-order valence-electron chi connectivity index (χ1n) is 5.93. The van der Waals surface area contributed by atoms with E-state index in [1.807, 2.05) is 0 Å². The monoisotopic (exact) mass is 330 g/mol. The minimum absolute atomic E-state index is 0.277. The van der Waals surface area contributed by atoms with Gasteiger partial charge in [-0.1, -0.05) is 23.2 Å². The lowest BCUT2D eigenvalue weighted by Crippen LogP contribution is -2.07. The van der Waals surface area contributed by atoms with E-state index < -0.39 is 11.7 Å². The van der Waals surface area contributed by atoms with Crippen molar-refractivity contribution in [3.05, 3.63) is 57.3 Å². The summed E-state index contributed by atoms with van der Waals surface area (Å²) in [5, 5.41) is 0.0540. The zero-order valence-electron chi connectivity index (χ0n) is 10.4. The van der Waals surface area contributed by atoms with Crippen LogP contribution in [0.15, 0.2) is 35.6 Å². The zero-order chi connectivity index (χ0) is 15.2. The van der Waals surface area contributed by atoms with Crippen LogP contribution in [0.2, 0.25) is 10.0 Å². The molecule has 0 aliphatic carbocycles. The highest BCUT2D eigenvalue weighted by Gasteiger charge is 2.35. The number of rotatable bonds is 1. The number of halogens is 5. The number of pyridine rings is 1. The molecule has 1 aliphatic rings. The maximum absolute atomic E-state index is 12.9. The first-order chi connectivity index (χ1) is 9.86. The molecule has 0 saturated heterocycles. The fourth-order valence-corrected chi connectivity index (χ4v) is 2.69. The summed E-state index contributed by atoms with van der Waals surface area (Å²) in [4.78, 5) is 8.19. The summed E-state index contributed by atoms with van der Waals surface area (Å²) in [6, 6.07) is 3.96. The Morgan fingerprint density at radius 2 is 1.86 bits per heavy atom. The highest BCUT2D eigenvalue weighted by atomic mass is 35.5. The van der Waals surface area contributed by atoms with E-state index in [1.54, 1.807) is 12.3 Å². The van der Waals surface area contributed by atoms with Gasteiger partial charge in [-0.15, -0.1) is 0 Å². The van der Waals surface area contributed by atoms with E-state index in [9.17, 15) is 13.2 Å². The maximum atomic E-state index is 12.9. The van der Waals surface area contributed by atoms with Gasteiger partial charge in [0.2, 0.25) is 0 Å². The third-order valence-corrected chi connectivity index (χ3v) is 3.78. The predicted octanol–water partition coefficient (Wildman–Crippen LogP) is 5.08. The molecule has 21 heavy (non-hydrogen) atoms. The molecule has 108 valence electrons. The molecule has 0 bridgehead atoms. The van der Waals surface area contributed by atoms with E-state index in [0.717, 1.165) is 6.07 Å². The topological polar surface area (TPSA) is 25.2 Å². The van der Waals surface area contributed by atoms with Gasteiger partial charge in [0.05, 0.1) is 27.0 Å². The number of nitrogens with zero attached hydrogens (tertiary/aromatic N) is 2. The van der Waals surface area contributed by atoms with Gasteiger partial charge in [0.25, 0.3) is 0 Å². The minimum atomic E-state index is -4.48. The number of hydrogen-bond donors (Lipinski definition) is 0. The summed E-state index contributed by atoms with van der Waals surface area (Å²) in [5.41, 5.74) is 1.34. The first-order valence-corrected chi connectivity index (χ1v) is 6.69. The second-order valence-corrected chi connectivity index (χ2v) is 5.36. The lowest BCUT2D eigenvalue weighted by molar-refractivity contribution is -0.137. The zero-order valence-corrected chi connectivity index (χ0v) is 11.9. The summed E-state index contributed by atoms with van der Waals surface area (Å²) in [6.07, 6.45) is -1.18. The van der Waals surface area contributed by atoms with Crippen LogP contribution in [-0.4, -0.2) is 10.7 Å². The summed E-state index contributed by atoms with van der Waals surface area (Å²) in [6.45, 7) is 0. The fourth-order valence-electron chi connectivity index (χ4n) is 2.20. The molecule has 0 N–H and O–H groups in total. The van der Waals surface area contributed by atoms with Crippen LogP contribution in [0.25, 0.3) is 0 Å². The second kappa shape index (κ2) is 5.00. The van der Waals surface area contributed by atoms with E-state index in [-0.39, 0.29) is 11.4 Å². The standard InChI is InChI=1S/C14H7Cl2F3N2/c15-10-5-12-7(3-9(10)14(17,18)19)4-13(21-12)8-1-2-20-6-11(8)16/h1-3,5-6H,4H2. The summed E-state index contributed by atoms with van der Waals surface area (Å²) < 4.78 is 38.6. The molecule has 1 aliphatic heterocycles. The van der Waals surface area contributed by atoms with E-state index in [2.05, 4.69) is 9.98 Å². The molecular formula is C14H7Cl2F3N2. The Kier molecular flexibility index (Phi) is 3.42. The Morgan fingerprint density at radius 1 is 1.10 bits per heavy atom. The molecule has 0 unspecified atom stereocenters. The molecule has 0 amide bonds. The molecule has 2 heterocycles. The molecule has 7 heteroatoms. The molecule has 3 rings (SSSR count). The van der Waals surface area contributed by atoms with Crippen LogP contribution in [0.3, 0.4) is 0 Å². The van der Waals surface area contributed by atoms with E-state index >= 15 is 0 Å². The molecule has 0 radical (unpaired) electrons. The van der Waals surface area contributed by atoms with Crippen molar-refractivity contribution in [1.29, 1.82) is 0 Å². The van der Waals surface area contributed by atoms with Crippen LogP contribution in [0.1, 0.15) is 16.7 Å². The number of hydrogen-bond acceptors (Lipinski definition) is 2. The lowest BCUT2D eigenvalue weighted by Gasteiger charge is -2.10. The molecule has 0 fully saturated rings. The van der Waals surface area contributed by atoms with Gasteiger partial charge in [0.15, 0.2) is 0 Å². The Morgan fingerprint density at radius 3 is 2.52 bits per heavy atom. The van der Waals surface area contributed by atoms with Crippen molar-refractivity contribution in [1.82, 2.24) is 4.98 Å². The van der Waals surface area contributed by atoms with Gasteiger partial charge in [-0.2, -0.15) is 13.2 Å². The second-order valence-electron chi connectivity index (χ2n) is 4.55. The SMILES string of the molecule is FC(F)(F)c1cc2c(cc1Cl)N=C(c1ccncc1Cl)C2. The molecule has 1 aromatic carbocycles. The smallest absolute Gasteiger partial charge is 0.263 e. The Bertz CT molecular complexity index is 754. The van der Waals surface area contributed by atoms with E-state index in [0.29, 0.717) is 27.5 Å². The van der Waals surface area contributed by atoms with Gasteiger partial charge < -0.3 is 0 Å². The Balaban J connectivity index is 2.03. The van der Waals surface area contributed by atoms with Crippen molar-refractivity contribution in [3.63, 3.8) is 0 Å².